The van der Waals surface area contributed by atoms with Crippen LogP contribution in [0.2, 0.25) is 15.3 Å². The molecule has 2 aromatic heterocycles. The van der Waals surface area contributed by atoms with E-state index in [0.29, 0.717) is 36.2 Å². The number of esters is 2. The molecule has 2 aromatic rings. The summed E-state index contributed by atoms with van der Waals surface area (Å²) in [5.74, 6) is -0.880. The van der Waals surface area contributed by atoms with Gasteiger partial charge >= 0.3 is 11.9 Å². The molecule has 0 aliphatic heterocycles. The zero-order valence-electron chi connectivity index (χ0n) is 17.9. The second kappa shape index (κ2) is 16.5. The van der Waals surface area contributed by atoms with E-state index in [1.165, 1.54) is 18.5 Å². The van der Waals surface area contributed by atoms with E-state index in [9.17, 15) is 9.59 Å². The Kier molecular flexibility index (Phi) is 15.4. The minimum absolute atomic E-state index is 0.230. The standard InChI is InChI=1S/C10H13ClN2O2.C8H7Cl2NO2.C2H7N/c1-3-12-8-5-9(11)13-6-7(8)10(14)15-4-2;1-2-13-8(12)5-4-11-7(10)3-6(5)9;1-2-3/h5-6H,3-4H2,1-2H3,(H,12,13);3-4H,2H2,1H3;2-3H2,1H3. The van der Waals surface area contributed by atoms with Gasteiger partial charge in [0.1, 0.15) is 15.9 Å². The van der Waals surface area contributed by atoms with Crippen LogP contribution < -0.4 is 11.1 Å². The molecular weight excluding hydrogens is 467 g/mol. The summed E-state index contributed by atoms with van der Waals surface area (Å²) in [7, 11) is 0. The van der Waals surface area contributed by atoms with Crippen LogP contribution in [0.5, 0.6) is 0 Å². The quantitative estimate of drug-likeness (QED) is 0.432. The van der Waals surface area contributed by atoms with Crippen molar-refractivity contribution in [2.24, 2.45) is 5.73 Å². The Morgan fingerprint density at radius 2 is 1.35 bits per heavy atom. The predicted molar refractivity (Wildman–Crippen MR) is 124 cm³/mol. The number of nitrogens with one attached hydrogen (secondary N) is 1. The van der Waals surface area contributed by atoms with Gasteiger partial charge in [-0.15, -0.1) is 0 Å². The van der Waals surface area contributed by atoms with Crippen molar-refractivity contribution in [3.63, 3.8) is 0 Å². The number of carbonyl (C=O) groups is 2. The van der Waals surface area contributed by atoms with Crippen molar-refractivity contribution in [1.82, 2.24) is 9.97 Å². The molecule has 0 unspecified atom stereocenters. The number of nitrogens with two attached hydrogens (primary N) is 1. The van der Waals surface area contributed by atoms with E-state index in [4.69, 9.17) is 50.0 Å². The smallest absolute Gasteiger partial charge is 0.341 e. The molecule has 3 N–H and O–H groups in total. The van der Waals surface area contributed by atoms with Gasteiger partial charge in [0.2, 0.25) is 0 Å². The third kappa shape index (κ3) is 11.2. The summed E-state index contributed by atoms with van der Waals surface area (Å²) in [5, 5.41) is 3.87. The lowest BCUT2D eigenvalue weighted by molar-refractivity contribution is 0.0517. The summed E-state index contributed by atoms with van der Waals surface area (Å²) in [4.78, 5) is 30.3. The van der Waals surface area contributed by atoms with Crippen LogP contribution >= 0.6 is 34.8 Å². The highest BCUT2D eigenvalue weighted by molar-refractivity contribution is 6.36. The molecule has 0 amide bonds. The molecule has 8 nitrogen and oxygen atoms in total. The molecular formula is C20H27Cl3N4O4. The van der Waals surface area contributed by atoms with E-state index >= 15 is 0 Å². The van der Waals surface area contributed by atoms with Gasteiger partial charge < -0.3 is 20.5 Å². The molecule has 172 valence electrons. The van der Waals surface area contributed by atoms with Gasteiger partial charge in [0, 0.05) is 18.9 Å². The molecule has 11 heteroatoms. The topological polar surface area (TPSA) is 116 Å². The second-order valence-electron chi connectivity index (χ2n) is 5.42. The zero-order chi connectivity index (χ0) is 23.8. The van der Waals surface area contributed by atoms with E-state index in [0.717, 1.165) is 6.54 Å². The van der Waals surface area contributed by atoms with E-state index in [2.05, 4.69) is 15.3 Å². The van der Waals surface area contributed by atoms with Gasteiger partial charge in [-0.2, -0.15) is 0 Å². The second-order valence-corrected chi connectivity index (χ2v) is 6.60. The fourth-order valence-electron chi connectivity index (χ4n) is 1.90. The molecule has 0 saturated heterocycles. The summed E-state index contributed by atoms with van der Waals surface area (Å²) in [6.45, 7) is 9.41. The van der Waals surface area contributed by atoms with Crippen molar-refractivity contribution in [3.05, 3.63) is 51.0 Å². The Morgan fingerprint density at radius 3 is 1.81 bits per heavy atom. The molecule has 0 aromatic carbocycles. The fourth-order valence-corrected chi connectivity index (χ4v) is 2.51. The summed E-state index contributed by atoms with van der Waals surface area (Å²) in [6.07, 6.45) is 2.71. The highest BCUT2D eigenvalue weighted by atomic mass is 35.5. The van der Waals surface area contributed by atoms with E-state index in [1.807, 2.05) is 13.8 Å². The molecule has 31 heavy (non-hydrogen) atoms. The normalized spacial score (nSPS) is 9.42. The first kappa shape index (κ1) is 28.9. The van der Waals surface area contributed by atoms with Gasteiger partial charge in [-0.1, -0.05) is 41.7 Å². The maximum absolute atomic E-state index is 11.5. The van der Waals surface area contributed by atoms with Gasteiger partial charge in [-0.25, -0.2) is 19.6 Å². The molecule has 2 rings (SSSR count). The first-order valence-corrected chi connectivity index (χ1v) is 10.6. The van der Waals surface area contributed by atoms with Crippen LogP contribution in [0.3, 0.4) is 0 Å². The summed E-state index contributed by atoms with van der Waals surface area (Å²) < 4.78 is 9.63. The van der Waals surface area contributed by atoms with Crippen molar-refractivity contribution in [2.45, 2.75) is 27.7 Å². The number of pyridine rings is 2. The summed E-state index contributed by atoms with van der Waals surface area (Å²) >= 11 is 17.0. The lowest BCUT2D eigenvalue weighted by atomic mass is 10.2. The minimum Gasteiger partial charge on any atom is -0.462 e. The number of ether oxygens (including phenoxy) is 2. The number of hydrogen-bond donors (Lipinski definition) is 2. The molecule has 0 fully saturated rings. The Bertz CT molecular complexity index is 838. The average molecular weight is 494 g/mol. The molecule has 0 aliphatic carbocycles. The molecule has 0 spiro atoms. The summed E-state index contributed by atoms with van der Waals surface area (Å²) in [6, 6.07) is 3.01. The monoisotopic (exact) mass is 492 g/mol. The van der Waals surface area contributed by atoms with Gasteiger partial charge in [0.05, 0.1) is 29.5 Å². The number of rotatable bonds is 6. The SMILES string of the molecule is CCN.CCNc1cc(Cl)ncc1C(=O)OCC.CCOC(=O)c1cnc(Cl)cc1Cl. The highest BCUT2D eigenvalue weighted by Crippen LogP contribution is 2.20. The summed E-state index contributed by atoms with van der Waals surface area (Å²) in [5.41, 5.74) is 6.13. The van der Waals surface area contributed by atoms with E-state index in [-0.39, 0.29) is 15.7 Å². The van der Waals surface area contributed by atoms with Crippen LogP contribution in [-0.2, 0) is 9.47 Å². The number of halogens is 3. The first-order valence-electron chi connectivity index (χ1n) is 9.50. The average Bonchev–Trinajstić information content (AvgIpc) is 2.70. The molecule has 0 saturated carbocycles. The number of nitrogens with zero attached hydrogens (tertiary/aromatic N) is 2. The van der Waals surface area contributed by atoms with Gasteiger partial charge in [0.25, 0.3) is 0 Å². The number of anilines is 1. The third-order valence-electron chi connectivity index (χ3n) is 3.05. The van der Waals surface area contributed by atoms with Crippen LogP contribution in [-0.4, -0.2) is 48.2 Å². The van der Waals surface area contributed by atoms with Gasteiger partial charge in [0.15, 0.2) is 0 Å². The Hall–Kier alpha value is -2.13. The van der Waals surface area contributed by atoms with Crippen LogP contribution in [0.25, 0.3) is 0 Å². The fraction of sp³-hybridized carbons (Fsp3) is 0.400. The largest absolute Gasteiger partial charge is 0.462 e. The maximum atomic E-state index is 11.5. The van der Waals surface area contributed by atoms with Crippen LogP contribution in [0, 0.1) is 0 Å². The molecule has 0 bridgehead atoms. The molecule has 0 radical (unpaired) electrons. The molecule has 2 heterocycles. The molecule has 0 aliphatic rings. The Labute approximate surface area is 197 Å². The van der Waals surface area contributed by atoms with Crippen LogP contribution in [0.15, 0.2) is 24.5 Å². The van der Waals surface area contributed by atoms with Gasteiger partial charge in [-0.05, 0) is 39.4 Å². The lowest BCUT2D eigenvalue weighted by Gasteiger charge is -2.09. The minimum atomic E-state index is -0.489. The van der Waals surface area contributed by atoms with Gasteiger partial charge in [-0.3, -0.25) is 0 Å². The van der Waals surface area contributed by atoms with E-state index < -0.39 is 11.9 Å². The van der Waals surface area contributed by atoms with Crippen LogP contribution in [0.1, 0.15) is 48.4 Å². The predicted octanol–water partition coefficient (Wildman–Crippen LogP) is 4.87. The Morgan fingerprint density at radius 1 is 0.903 bits per heavy atom. The van der Waals surface area contributed by atoms with Crippen molar-refractivity contribution in [2.75, 3.05) is 31.6 Å². The molecule has 0 atom stereocenters. The van der Waals surface area contributed by atoms with Crippen molar-refractivity contribution < 1.29 is 19.1 Å². The van der Waals surface area contributed by atoms with Crippen molar-refractivity contribution in [1.29, 1.82) is 0 Å². The third-order valence-corrected chi connectivity index (χ3v) is 3.77. The first-order chi connectivity index (χ1) is 14.7. The number of hydrogen-bond acceptors (Lipinski definition) is 8. The van der Waals surface area contributed by atoms with Crippen molar-refractivity contribution in [3.8, 4) is 0 Å². The van der Waals surface area contributed by atoms with Crippen LogP contribution in [0.4, 0.5) is 5.69 Å². The highest BCUT2D eigenvalue weighted by Gasteiger charge is 2.13. The zero-order valence-corrected chi connectivity index (χ0v) is 20.1. The lowest BCUT2D eigenvalue weighted by Crippen LogP contribution is -2.10. The number of aromatic nitrogens is 2. The Balaban J connectivity index is 0.000000519. The van der Waals surface area contributed by atoms with Crippen molar-refractivity contribution >= 4 is 52.4 Å². The number of carbonyl (C=O) groups excluding carboxylic acids is 2. The maximum Gasteiger partial charge on any atom is 0.341 e. The van der Waals surface area contributed by atoms with E-state index in [1.54, 1.807) is 19.9 Å².